The molecule has 0 bridgehead atoms. The molecule has 0 aliphatic rings. The number of hydrogen-bond donors (Lipinski definition) is 1. The van der Waals surface area contributed by atoms with Crippen molar-refractivity contribution in [3.63, 3.8) is 0 Å². The molecule has 0 aliphatic carbocycles. The molecule has 6 nitrogen and oxygen atoms in total. The first-order chi connectivity index (χ1) is 9.65. The zero-order valence-electron chi connectivity index (χ0n) is 10.0. The molecule has 8 heteroatoms. The fourth-order valence-electron chi connectivity index (χ4n) is 1.72. The number of fused-ring (bicyclic) bond motifs is 1. The van der Waals surface area contributed by atoms with Crippen molar-refractivity contribution in [2.75, 3.05) is 5.73 Å². The molecule has 0 saturated heterocycles. The van der Waals surface area contributed by atoms with Gasteiger partial charge in [-0.3, -0.25) is 10.1 Å². The van der Waals surface area contributed by atoms with Crippen LogP contribution in [0.25, 0.3) is 11.0 Å². The summed E-state index contributed by atoms with van der Waals surface area (Å²) in [4.78, 5) is 12.3. The number of nitro groups is 1. The standard InChI is InChI=1S/C12H8N4O2S2/c13-7-1-3-8(4-2-7)19-10-6-5-9(16(17)18)11-12(10)15-20-14-11/h1-6H,13H2. The first kappa shape index (κ1) is 12.8. The summed E-state index contributed by atoms with van der Waals surface area (Å²) >= 11 is 2.45. The molecular weight excluding hydrogens is 296 g/mol. The maximum Gasteiger partial charge on any atom is 0.298 e. The minimum Gasteiger partial charge on any atom is -0.399 e. The summed E-state index contributed by atoms with van der Waals surface area (Å²) in [7, 11) is 0. The Kier molecular flexibility index (Phi) is 3.25. The second-order valence-electron chi connectivity index (χ2n) is 3.97. The number of hydrogen-bond acceptors (Lipinski definition) is 7. The van der Waals surface area contributed by atoms with E-state index in [0.717, 1.165) is 21.5 Å². The highest BCUT2D eigenvalue weighted by molar-refractivity contribution is 7.99. The van der Waals surface area contributed by atoms with Gasteiger partial charge >= 0.3 is 0 Å². The highest BCUT2D eigenvalue weighted by atomic mass is 32.2. The molecule has 20 heavy (non-hydrogen) atoms. The molecule has 1 aromatic heterocycles. The summed E-state index contributed by atoms with van der Waals surface area (Å²) in [6, 6.07) is 10.6. The Bertz CT molecular complexity index is 786. The number of nitro benzene ring substituents is 1. The second kappa shape index (κ2) is 5.06. The lowest BCUT2D eigenvalue weighted by molar-refractivity contribution is -0.383. The van der Waals surface area contributed by atoms with Crippen molar-refractivity contribution < 1.29 is 4.92 Å². The number of anilines is 1. The van der Waals surface area contributed by atoms with Gasteiger partial charge in [-0.05, 0) is 30.3 Å². The first-order valence-corrected chi connectivity index (χ1v) is 7.13. The van der Waals surface area contributed by atoms with E-state index >= 15 is 0 Å². The molecule has 3 aromatic rings. The predicted octanol–water partition coefficient (Wildman–Crippen LogP) is 3.33. The molecule has 0 spiro atoms. The Morgan fingerprint density at radius 3 is 2.50 bits per heavy atom. The molecule has 2 aromatic carbocycles. The Labute approximate surface area is 122 Å². The van der Waals surface area contributed by atoms with E-state index in [1.807, 2.05) is 24.3 Å². The average molecular weight is 304 g/mol. The minimum atomic E-state index is -0.443. The van der Waals surface area contributed by atoms with Gasteiger partial charge in [0.1, 0.15) is 5.52 Å². The van der Waals surface area contributed by atoms with Crippen LogP contribution in [0.5, 0.6) is 0 Å². The summed E-state index contributed by atoms with van der Waals surface area (Å²) in [5, 5.41) is 10.9. The average Bonchev–Trinajstić information content (AvgIpc) is 2.91. The lowest BCUT2D eigenvalue weighted by atomic mass is 10.3. The van der Waals surface area contributed by atoms with Crippen molar-refractivity contribution >= 4 is 45.9 Å². The Morgan fingerprint density at radius 1 is 1.10 bits per heavy atom. The third kappa shape index (κ3) is 2.30. The lowest BCUT2D eigenvalue weighted by Crippen LogP contribution is -1.90. The second-order valence-corrected chi connectivity index (χ2v) is 5.62. The number of nitrogens with zero attached hydrogens (tertiary/aromatic N) is 3. The van der Waals surface area contributed by atoms with Gasteiger partial charge in [-0.25, -0.2) is 0 Å². The van der Waals surface area contributed by atoms with Gasteiger partial charge < -0.3 is 5.73 Å². The van der Waals surface area contributed by atoms with Crippen molar-refractivity contribution in [2.45, 2.75) is 9.79 Å². The van der Waals surface area contributed by atoms with E-state index in [2.05, 4.69) is 8.75 Å². The third-order valence-corrected chi connectivity index (χ3v) is 4.25. The van der Waals surface area contributed by atoms with Crippen LogP contribution < -0.4 is 5.73 Å². The summed E-state index contributed by atoms with van der Waals surface area (Å²) in [5.74, 6) is 0. The summed E-state index contributed by atoms with van der Waals surface area (Å²) in [6.45, 7) is 0. The number of rotatable bonds is 3. The lowest BCUT2D eigenvalue weighted by Gasteiger charge is -2.03. The van der Waals surface area contributed by atoms with Crippen LogP contribution >= 0.6 is 23.5 Å². The molecule has 0 fully saturated rings. The zero-order valence-corrected chi connectivity index (χ0v) is 11.6. The van der Waals surface area contributed by atoms with Crippen molar-refractivity contribution in [2.24, 2.45) is 0 Å². The van der Waals surface area contributed by atoms with E-state index < -0.39 is 4.92 Å². The van der Waals surface area contributed by atoms with E-state index in [4.69, 9.17) is 5.73 Å². The Morgan fingerprint density at radius 2 is 1.80 bits per heavy atom. The highest BCUT2D eigenvalue weighted by Gasteiger charge is 2.18. The van der Waals surface area contributed by atoms with Crippen molar-refractivity contribution in [3.05, 3.63) is 46.5 Å². The minimum absolute atomic E-state index is 0.0181. The van der Waals surface area contributed by atoms with Crippen LogP contribution in [0.15, 0.2) is 46.2 Å². The van der Waals surface area contributed by atoms with Crippen LogP contribution in [0, 0.1) is 10.1 Å². The topological polar surface area (TPSA) is 94.9 Å². The van der Waals surface area contributed by atoms with Gasteiger partial charge in [-0.15, -0.1) is 0 Å². The smallest absolute Gasteiger partial charge is 0.298 e. The Hall–Kier alpha value is -2.19. The fraction of sp³-hybridized carbons (Fsp3) is 0. The van der Waals surface area contributed by atoms with Crippen LogP contribution in [-0.2, 0) is 0 Å². The van der Waals surface area contributed by atoms with Gasteiger partial charge in [0.25, 0.3) is 5.69 Å². The largest absolute Gasteiger partial charge is 0.399 e. The van der Waals surface area contributed by atoms with E-state index in [9.17, 15) is 10.1 Å². The molecule has 0 aliphatic heterocycles. The van der Waals surface area contributed by atoms with Crippen LogP contribution in [0.2, 0.25) is 0 Å². The molecule has 1 heterocycles. The molecule has 0 atom stereocenters. The summed E-state index contributed by atoms with van der Waals surface area (Å²) in [6.07, 6.45) is 0. The monoisotopic (exact) mass is 304 g/mol. The maximum absolute atomic E-state index is 10.9. The molecule has 0 saturated carbocycles. The van der Waals surface area contributed by atoms with E-state index in [0.29, 0.717) is 16.7 Å². The van der Waals surface area contributed by atoms with Gasteiger partial charge in [-0.2, -0.15) is 8.75 Å². The van der Waals surface area contributed by atoms with Crippen molar-refractivity contribution in [3.8, 4) is 0 Å². The molecule has 0 unspecified atom stereocenters. The van der Waals surface area contributed by atoms with Gasteiger partial charge in [0, 0.05) is 21.5 Å². The van der Waals surface area contributed by atoms with Crippen LogP contribution in [0.3, 0.4) is 0 Å². The van der Waals surface area contributed by atoms with Crippen LogP contribution in [0.1, 0.15) is 0 Å². The number of aromatic nitrogens is 2. The molecule has 100 valence electrons. The normalized spacial score (nSPS) is 10.8. The highest BCUT2D eigenvalue weighted by Crippen LogP contribution is 2.36. The number of nitrogen functional groups attached to an aromatic ring is 1. The SMILES string of the molecule is Nc1ccc(Sc2ccc([N+](=O)[O-])c3nsnc23)cc1. The van der Waals surface area contributed by atoms with Crippen LogP contribution in [0.4, 0.5) is 11.4 Å². The zero-order chi connectivity index (χ0) is 14.1. The fourth-order valence-corrected chi connectivity index (χ4v) is 3.25. The maximum atomic E-state index is 10.9. The van der Waals surface area contributed by atoms with E-state index in [1.54, 1.807) is 6.07 Å². The van der Waals surface area contributed by atoms with Crippen molar-refractivity contribution in [1.82, 2.24) is 8.75 Å². The van der Waals surface area contributed by atoms with Crippen LogP contribution in [-0.4, -0.2) is 13.7 Å². The molecule has 0 radical (unpaired) electrons. The third-order valence-electron chi connectivity index (χ3n) is 2.66. The molecule has 2 N–H and O–H groups in total. The predicted molar refractivity (Wildman–Crippen MR) is 79.0 cm³/mol. The molecule has 0 amide bonds. The van der Waals surface area contributed by atoms with Gasteiger partial charge in [-0.1, -0.05) is 11.8 Å². The van der Waals surface area contributed by atoms with Gasteiger partial charge in [0.15, 0.2) is 5.52 Å². The number of nitrogens with two attached hydrogens (primary N) is 1. The first-order valence-electron chi connectivity index (χ1n) is 5.58. The van der Waals surface area contributed by atoms with E-state index in [1.165, 1.54) is 17.8 Å². The van der Waals surface area contributed by atoms with Gasteiger partial charge in [0.05, 0.1) is 16.7 Å². The van der Waals surface area contributed by atoms with Crippen molar-refractivity contribution in [1.29, 1.82) is 0 Å². The quantitative estimate of drug-likeness (QED) is 0.453. The molecular formula is C12H8N4O2S2. The Balaban J connectivity index is 2.04. The number of non-ortho nitro benzene ring substituents is 1. The summed E-state index contributed by atoms with van der Waals surface area (Å²) < 4.78 is 8.17. The molecule has 3 rings (SSSR count). The summed E-state index contributed by atoms with van der Waals surface area (Å²) in [5.41, 5.74) is 7.21. The van der Waals surface area contributed by atoms with E-state index in [-0.39, 0.29) is 5.69 Å². The van der Waals surface area contributed by atoms with Gasteiger partial charge in [0.2, 0.25) is 0 Å². The number of benzene rings is 2.